The molecule has 0 saturated heterocycles. The zero-order valence-electron chi connectivity index (χ0n) is 11.7. The maximum atomic E-state index is 11.6. The minimum absolute atomic E-state index is 0.170. The summed E-state index contributed by atoms with van der Waals surface area (Å²) in [6.45, 7) is 10.3. The number of carbonyl (C=O) groups is 1. The number of hydrogen-bond acceptors (Lipinski definition) is 3. The molecule has 0 aromatic carbocycles. The van der Waals surface area contributed by atoms with Crippen molar-refractivity contribution in [1.29, 1.82) is 0 Å². The molecule has 0 aromatic rings. The predicted octanol–water partition coefficient (Wildman–Crippen LogP) is 1.71. The summed E-state index contributed by atoms with van der Waals surface area (Å²) >= 11 is 0. The second kappa shape index (κ2) is 7.67. The summed E-state index contributed by atoms with van der Waals surface area (Å²) in [5, 5.41) is 12.8. The molecule has 0 aromatic heterocycles. The Morgan fingerprint density at radius 2 is 2.00 bits per heavy atom. The van der Waals surface area contributed by atoms with Gasteiger partial charge < -0.3 is 15.2 Å². The van der Waals surface area contributed by atoms with Gasteiger partial charge in [-0.3, -0.25) is 4.79 Å². The molecule has 1 amide bonds. The highest BCUT2D eigenvalue weighted by Gasteiger charge is 2.22. The molecule has 0 rings (SSSR count). The van der Waals surface area contributed by atoms with Crippen molar-refractivity contribution >= 4 is 5.91 Å². The van der Waals surface area contributed by atoms with Crippen molar-refractivity contribution in [3.05, 3.63) is 0 Å². The van der Waals surface area contributed by atoms with Gasteiger partial charge in [-0.25, -0.2) is 0 Å². The first-order chi connectivity index (χ1) is 7.78. The highest BCUT2D eigenvalue weighted by atomic mass is 16.5. The van der Waals surface area contributed by atoms with Crippen molar-refractivity contribution in [2.24, 2.45) is 5.92 Å². The predicted molar refractivity (Wildman–Crippen MR) is 68.8 cm³/mol. The number of ether oxygens (including phenoxy) is 1. The molecule has 0 heterocycles. The van der Waals surface area contributed by atoms with E-state index in [4.69, 9.17) is 4.74 Å². The molecule has 102 valence electrons. The van der Waals surface area contributed by atoms with E-state index in [1.807, 2.05) is 6.92 Å². The number of aliphatic hydroxyl groups is 1. The SMILES string of the molecule is CCOC(C)C(=O)NCC(C)(O)CCC(C)C. The van der Waals surface area contributed by atoms with Gasteiger partial charge in [0.15, 0.2) is 0 Å². The van der Waals surface area contributed by atoms with Crippen LogP contribution in [0.1, 0.15) is 47.5 Å². The second-order valence-electron chi connectivity index (χ2n) is 5.24. The maximum Gasteiger partial charge on any atom is 0.248 e. The van der Waals surface area contributed by atoms with Crippen LogP contribution in [0.4, 0.5) is 0 Å². The highest BCUT2D eigenvalue weighted by Crippen LogP contribution is 2.15. The van der Waals surface area contributed by atoms with Gasteiger partial charge in [0, 0.05) is 13.2 Å². The summed E-state index contributed by atoms with van der Waals surface area (Å²) in [6, 6.07) is 0. The number of rotatable bonds is 8. The van der Waals surface area contributed by atoms with Gasteiger partial charge >= 0.3 is 0 Å². The van der Waals surface area contributed by atoms with E-state index in [1.54, 1.807) is 13.8 Å². The van der Waals surface area contributed by atoms with Crippen LogP contribution in [0.5, 0.6) is 0 Å². The minimum atomic E-state index is -0.841. The van der Waals surface area contributed by atoms with Crippen LogP contribution in [0.15, 0.2) is 0 Å². The molecule has 2 unspecified atom stereocenters. The smallest absolute Gasteiger partial charge is 0.248 e. The van der Waals surface area contributed by atoms with E-state index in [0.29, 0.717) is 18.9 Å². The first-order valence-electron chi connectivity index (χ1n) is 6.40. The first-order valence-corrected chi connectivity index (χ1v) is 6.40. The first kappa shape index (κ1) is 16.4. The molecule has 0 bridgehead atoms. The lowest BCUT2D eigenvalue weighted by Crippen LogP contribution is -2.44. The van der Waals surface area contributed by atoms with Gasteiger partial charge in [-0.05, 0) is 39.5 Å². The van der Waals surface area contributed by atoms with Gasteiger partial charge in [0.05, 0.1) is 5.60 Å². The summed E-state index contributed by atoms with van der Waals surface area (Å²) in [4.78, 5) is 11.6. The molecule has 0 aliphatic carbocycles. The summed E-state index contributed by atoms with van der Waals surface area (Å²) in [6.07, 6.45) is 1.18. The molecule has 2 atom stereocenters. The minimum Gasteiger partial charge on any atom is -0.388 e. The molecule has 4 nitrogen and oxygen atoms in total. The fraction of sp³-hybridized carbons (Fsp3) is 0.923. The summed E-state index contributed by atoms with van der Waals surface area (Å²) in [5.41, 5.74) is -0.841. The normalized spacial score (nSPS) is 16.6. The van der Waals surface area contributed by atoms with Gasteiger partial charge in [0.25, 0.3) is 0 Å². The average Bonchev–Trinajstić information content (AvgIpc) is 2.24. The van der Waals surface area contributed by atoms with Crippen LogP contribution >= 0.6 is 0 Å². The van der Waals surface area contributed by atoms with Crippen molar-refractivity contribution in [3.63, 3.8) is 0 Å². The van der Waals surface area contributed by atoms with E-state index in [-0.39, 0.29) is 12.5 Å². The van der Waals surface area contributed by atoms with Crippen LogP contribution in [-0.4, -0.2) is 35.9 Å². The van der Waals surface area contributed by atoms with Gasteiger partial charge in [-0.1, -0.05) is 13.8 Å². The third-order valence-corrected chi connectivity index (χ3v) is 2.69. The van der Waals surface area contributed by atoms with Gasteiger partial charge in [0.1, 0.15) is 6.10 Å². The standard InChI is InChI=1S/C13H27NO3/c1-6-17-11(4)12(15)14-9-13(5,16)8-7-10(2)3/h10-11,16H,6-9H2,1-5H3,(H,14,15). The lowest BCUT2D eigenvalue weighted by molar-refractivity contribution is -0.132. The Labute approximate surface area is 105 Å². The van der Waals surface area contributed by atoms with Crippen molar-refractivity contribution in [2.45, 2.75) is 59.2 Å². The van der Waals surface area contributed by atoms with Crippen LogP contribution in [-0.2, 0) is 9.53 Å². The molecule has 0 aliphatic rings. The van der Waals surface area contributed by atoms with Crippen LogP contribution in [0.3, 0.4) is 0 Å². The molecular weight excluding hydrogens is 218 g/mol. The van der Waals surface area contributed by atoms with Crippen molar-refractivity contribution in [1.82, 2.24) is 5.32 Å². The summed E-state index contributed by atoms with van der Waals surface area (Å²) < 4.78 is 5.17. The Morgan fingerprint density at radius 1 is 1.41 bits per heavy atom. The van der Waals surface area contributed by atoms with Gasteiger partial charge in [-0.15, -0.1) is 0 Å². The summed E-state index contributed by atoms with van der Waals surface area (Å²) in [7, 11) is 0. The van der Waals surface area contributed by atoms with Crippen LogP contribution in [0, 0.1) is 5.92 Å². The molecule has 17 heavy (non-hydrogen) atoms. The third kappa shape index (κ3) is 8.16. The lowest BCUT2D eigenvalue weighted by Gasteiger charge is -2.25. The molecule has 4 heteroatoms. The molecule has 0 saturated carbocycles. The van der Waals surface area contributed by atoms with Crippen molar-refractivity contribution in [2.75, 3.05) is 13.2 Å². The van der Waals surface area contributed by atoms with E-state index in [0.717, 1.165) is 6.42 Å². The Hall–Kier alpha value is -0.610. The molecular formula is C13H27NO3. The molecule has 0 aliphatic heterocycles. The van der Waals surface area contributed by atoms with Crippen molar-refractivity contribution in [3.8, 4) is 0 Å². The molecule has 2 N–H and O–H groups in total. The number of hydrogen-bond donors (Lipinski definition) is 2. The second-order valence-corrected chi connectivity index (χ2v) is 5.24. The zero-order valence-corrected chi connectivity index (χ0v) is 11.7. The maximum absolute atomic E-state index is 11.6. The Morgan fingerprint density at radius 3 is 2.47 bits per heavy atom. The largest absolute Gasteiger partial charge is 0.388 e. The van der Waals surface area contributed by atoms with Gasteiger partial charge in [-0.2, -0.15) is 0 Å². The third-order valence-electron chi connectivity index (χ3n) is 2.69. The topological polar surface area (TPSA) is 58.6 Å². The fourth-order valence-corrected chi connectivity index (χ4v) is 1.43. The molecule has 0 fully saturated rings. The Kier molecular flexibility index (Phi) is 7.39. The van der Waals surface area contributed by atoms with E-state index in [1.165, 1.54) is 0 Å². The van der Waals surface area contributed by atoms with Crippen molar-refractivity contribution < 1.29 is 14.6 Å². The average molecular weight is 245 g/mol. The van der Waals surface area contributed by atoms with E-state index >= 15 is 0 Å². The summed E-state index contributed by atoms with van der Waals surface area (Å²) in [5.74, 6) is 0.385. The fourth-order valence-electron chi connectivity index (χ4n) is 1.43. The monoisotopic (exact) mass is 245 g/mol. The number of nitrogens with one attached hydrogen (secondary N) is 1. The zero-order chi connectivity index (χ0) is 13.5. The lowest BCUT2D eigenvalue weighted by atomic mass is 9.95. The number of carbonyl (C=O) groups excluding carboxylic acids is 1. The quantitative estimate of drug-likeness (QED) is 0.684. The Balaban J connectivity index is 3.95. The van der Waals surface area contributed by atoms with E-state index < -0.39 is 11.7 Å². The molecule has 0 radical (unpaired) electrons. The van der Waals surface area contributed by atoms with Crippen LogP contribution < -0.4 is 5.32 Å². The molecule has 0 spiro atoms. The van der Waals surface area contributed by atoms with E-state index in [9.17, 15) is 9.90 Å². The van der Waals surface area contributed by atoms with Crippen LogP contribution in [0.2, 0.25) is 0 Å². The number of amides is 1. The van der Waals surface area contributed by atoms with E-state index in [2.05, 4.69) is 19.2 Å². The highest BCUT2D eigenvalue weighted by molar-refractivity contribution is 5.80. The van der Waals surface area contributed by atoms with Crippen LogP contribution in [0.25, 0.3) is 0 Å². The Bertz CT molecular complexity index is 227. The van der Waals surface area contributed by atoms with Gasteiger partial charge in [0.2, 0.25) is 5.91 Å².